The summed E-state index contributed by atoms with van der Waals surface area (Å²) in [4.78, 5) is 0.979. The van der Waals surface area contributed by atoms with Crippen LogP contribution in [-0.2, 0) is 0 Å². The summed E-state index contributed by atoms with van der Waals surface area (Å²) in [7, 11) is 0. The Bertz CT molecular complexity index is 853. The van der Waals surface area contributed by atoms with Gasteiger partial charge in [0, 0.05) is 4.86 Å². The summed E-state index contributed by atoms with van der Waals surface area (Å²) in [6.45, 7) is 31.0. The number of benzene rings is 1. The van der Waals surface area contributed by atoms with Crippen molar-refractivity contribution in [1.29, 1.82) is 0 Å². The highest BCUT2D eigenvalue weighted by molar-refractivity contribution is 7.80. The van der Waals surface area contributed by atoms with Crippen LogP contribution in [0.25, 0.3) is 5.57 Å². The average Bonchev–Trinajstić information content (AvgIpc) is 2.72. The second-order valence-corrected chi connectivity index (χ2v) is 11.4. The molecule has 0 aromatic heterocycles. The lowest BCUT2D eigenvalue weighted by Gasteiger charge is -2.23. The van der Waals surface area contributed by atoms with Gasteiger partial charge in [-0.2, -0.15) is 0 Å². The van der Waals surface area contributed by atoms with E-state index in [1.807, 2.05) is 0 Å². The van der Waals surface area contributed by atoms with Crippen LogP contribution in [0.5, 0.6) is 0 Å². The maximum atomic E-state index is 5.26. The third kappa shape index (κ3) is 10.6. The number of thiocarbonyl (C=S) groups is 1. The maximum absolute atomic E-state index is 5.26. The Labute approximate surface area is 212 Å². The summed E-state index contributed by atoms with van der Waals surface area (Å²) in [5, 5.41) is 0. The molecule has 1 aromatic carbocycles. The van der Waals surface area contributed by atoms with Crippen LogP contribution in [0.1, 0.15) is 117 Å². The molecule has 33 heavy (non-hydrogen) atoms. The van der Waals surface area contributed by atoms with Crippen molar-refractivity contribution in [3.05, 3.63) is 63.8 Å². The summed E-state index contributed by atoms with van der Waals surface area (Å²) in [6.07, 6.45) is 7.74. The molecule has 1 aromatic rings. The highest BCUT2D eigenvalue weighted by Gasteiger charge is 2.16. The fourth-order valence-corrected chi connectivity index (χ4v) is 4.35. The molecule has 0 aliphatic carbocycles. The molecule has 0 fully saturated rings. The van der Waals surface area contributed by atoms with Crippen LogP contribution in [0.15, 0.2) is 41.5 Å². The molecule has 0 aliphatic rings. The minimum Gasteiger partial charge on any atom is -0.0906 e. The van der Waals surface area contributed by atoms with Crippen molar-refractivity contribution >= 4 is 22.7 Å². The zero-order valence-electron chi connectivity index (χ0n) is 24.0. The fraction of sp³-hybridized carbons (Fsp3) is 0.594. The van der Waals surface area contributed by atoms with Crippen molar-refractivity contribution in [2.75, 3.05) is 0 Å². The quantitative estimate of drug-likeness (QED) is 0.197. The number of rotatable bonds is 9. The normalized spacial score (nSPS) is 12.8. The van der Waals surface area contributed by atoms with Crippen molar-refractivity contribution in [2.24, 2.45) is 11.3 Å². The third-order valence-corrected chi connectivity index (χ3v) is 6.89. The second kappa shape index (κ2) is 14.7. The largest absolute Gasteiger partial charge is 0.0906 e. The van der Waals surface area contributed by atoms with Crippen molar-refractivity contribution in [3.63, 3.8) is 0 Å². The first-order valence-electron chi connectivity index (χ1n) is 12.9. The zero-order valence-corrected chi connectivity index (χ0v) is 24.8. The first-order valence-corrected chi connectivity index (χ1v) is 13.3. The van der Waals surface area contributed by atoms with E-state index in [1.165, 1.54) is 40.7 Å². The van der Waals surface area contributed by atoms with Gasteiger partial charge in [-0.05, 0) is 98.1 Å². The van der Waals surface area contributed by atoms with E-state index in [9.17, 15) is 0 Å². The van der Waals surface area contributed by atoms with E-state index in [1.54, 1.807) is 11.1 Å². The molecule has 0 atom stereocenters. The first-order chi connectivity index (χ1) is 15.2. The molecule has 186 valence electrons. The Morgan fingerprint density at radius 3 is 1.97 bits per heavy atom. The van der Waals surface area contributed by atoms with Gasteiger partial charge in [0.2, 0.25) is 0 Å². The highest BCUT2D eigenvalue weighted by Crippen LogP contribution is 2.32. The van der Waals surface area contributed by atoms with E-state index in [2.05, 4.69) is 108 Å². The third-order valence-electron chi connectivity index (χ3n) is 6.34. The molecule has 0 bridgehead atoms. The number of hydrogen-bond donors (Lipinski definition) is 0. The smallest absolute Gasteiger partial charge is 0.0215 e. The van der Waals surface area contributed by atoms with Gasteiger partial charge in [0.05, 0.1) is 0 Å². The molecule has 1 heteroatoms. The number of aryl methyl sites for hydroxylation is 2. The standard InChI is InChI=1S/C18H28.C14H24S/c1-8-17(15(6)11-12(2)3)18-14(5)10-9-13(4)16(18)7;1-7-9-12(14(4,5)6)10-11(3)13(15)8-2/h9-10,12H,8,11H2,1-7H3;10H,3,7-9H2,1-2,4-6H3/b17-15+;12-10+. The van der Waals surface area contributed by atoms with E-state index in [0.717, 1.165) is 35.6 Å². The van der Waals surface area contributed by atoms with E-state index in [4.69, 9.17) is 12.2 Å². The van der Waals surface area contributed by atoms with Crippen LogP contribution in [-0.4, -0.2) is 4.86 Å². The molecular formula is C32H52S. The van der Waals surface area contributed by atoms with Gasteiger partial charge in [0.1, 0.15) is 0 Å². The fourth-order valence-electron chi connectivity index (χ4n) is 4.29. The summed E-state index contributed by atoms with van der Waals surface area (Å²) in [5.41, 5.74) is 11.6. The summed E-state index contributed by atoms with van der Waals surface area (Å²) < 4.78 is 0. The summed E-state index contributed by atoms with van der Waals surface area (Å²) in [5.74, 6) is 0.733. The summed E-state index contributed by atoms with van der Waals surface area (Å²) >= 11 is 5.26. The molecule has 0 spiro atoms. The van der Waals surface area contributed by atoms with Gasteiger partial charge in [-0.3, -0.25) is 0 Å². The Kier molecular flexibility index (Phi) is 14.1. The molecule has 0 N–H and O–H groups in total. The monoisotopic (exact) mass is 468 g/mol. The Hall–Kier alpha value is -1.47. The van der Waals surface area contributed by atoms with Gasteiger partial charge in [-0.15, -0.1) is 0 Å². The molecule has 1 rings (SSSR count). The Morgan fingerprint density at radius 2 is 1.55 bits per heavy atom. The van der Waals surface area contributed by atoms with Gasteiger partial charge in [0.15, 0.2) is 0 Å². The lowest BCUT2D eigenvalue weighted by molar-refractivity contribution is 0.480. The average molecular weight is 469 g/mol. The molecule has 0 nitrogen and oxygen atoms in total. The van der Waals surface area contributed by atoms with Crippen molar-refractivity contribution in [1.82, 2.24) is 0 Å². The molecule has 0 amide bonds. The molecular weight excluding hydrogens is 416 g/mol. The van der Waals surface area contributed by atoms with Crippen molar-refractivity contribution < 1.29 is 0 Å². The van der Waals surface area contributed by atoms with Gasteiger partial charge in [-0.25, -0.2) is 0 Å². The Balaban J connectivity index is 0.000000633. The van der Waals surface area contributed by atoms with E-state index in [0.29, 0.717) is 0 Å². The zero-order chi connectivity index (χ0) is 25.9. The van der Waals surface area contributed by atoms with Gasteiger partial charge >= 0.3 is 0 Å². The van der Waals surface area contributed by atoms with Crippen LogP contribution in [0, 0.1) is 32.1 Å². The van der Waals surface area contributed by atoms with Crippen LogP contribution in [0.2, 0.25) is 0 Å². The van der Waals surface area contributed by atoms with Crippen LogP contribution in [0.4, 0.5) is 0 Å². The van der Waals surface area contributed by atoms with E-state index in [-0.39, 0.29) is 5.41 Å². The van der Waals surface area contributed by atoms with Gasteiger partial charge in [0.25, 0.3) is 0 Å². The number of allylic oxidation sites excluding steroid dienone is 5. The molecule has 0 saturated carbocycles. The predicted octanol–water partition coefficient (Wildman–Crippen LogP) is 10.9. The van der Waals surface area contributed by atoms with Crippen LogP contribution >= 0.6 is 12.2 Å². The van der Waals surface area contributed by atoms with E-state index < -0.39 is 0 Å². The molecule has 0 unspecified atom stereocenters. The van der Waals surface area contributed by atoms with E-state index >= 15 is 0 Å². The lowest BCUT2D eigenvalue weighted by atomic mass is 9.82. The van der Waals surface area contributed by atoms with Crippen LogP contribution < -0.4 is 0 Å². The maximum Gasteiger partial charge on any atom is 0.0215 e. The SMILES string of the molecule is C=C(/C=C(\CCC)C(C)(C)C)C(=S)CC.CC/C(=C(/C)CC(C)C)c1c(C)ccc(C)c1C. The first kappa shape index (κ1) is 31.5. The second-order valence-electron chi connectivity index (χ2n) is 10.9. The lowest BCUT2D eigenvalue weighted by Crippen LogP contribution is -2.10. The van der Waals surface area contributed by atoms with Crippen molar-refractivity contribution in [3.8, 4) is 0 Å². The number of hydrogen-bond acceptors (Lipinski definition) is 1. The Morgan fingerprint density at radius 1 is 1.00 bits per heavy atom. The van der Waals surface area contributed by atoms with Gasteiger partial charge < -0.3 is 0 Å². The molecule has 0 saturated heterocycles. The molecule has 0 radical (unpaired) electrons. The minimum atomic E-state index is 0.225. The molecule has 0 heterocycles. The highest BCUT2D eigenvalue weighted by atomic mass is 32.1. The topological polar surface area (TPSA) is 0 Å². The summed E-state index contributed by atoms with van der Waals surface area (Å²) in [6, 6.07) is 4.50. The predicted molar refractivity (Wildman–Crippen MR) is 157 cm³/mol. The minimum absolute atomic E-state index is 0.225. The van der Waals surface area contributed by atoms with Crippen molar-refractivity contribution in [2.45, 2.75) is 115 Å². The van der Waals surface area contributed by atoms with Gasteiger partial charge in [-0.1, -0.05) is 110 Å². The van der Waals surface area contributed by atoms with Crippen LogP contribution in [0.3, 0.4) is 0 Å². The molecule has 0 aliphatic heterocycles.